The van der Waals surface area contributed by atoms with Crippen molar-refractivity contribution in [2.45, 2.75) is 18.6 Å². The van der Waals surface area contributed by atoms with Crippen molar-refractivity contribution in [3.8, 4) is 0 Å². The number of thiol groups is 1. The molecule has 1 N–H and O–H groups in total. The fraction of sp³-hybridized carbons (Fsp3) is 0.875. The minimum absolute atomic E-state index is 0.243. The summed E-state index contributed by atoms with van der Waals surface area (Å²) in [6.45, 7) is 5.55. The van der Waals surface area contributed by atoms with Crippen molar-refractivity contribution < 1.29 is 4.79 Å². The summed E-state index contributed by atoms with van der Waals surface area (Å²) in [5.41, 5.74) is 0. The maximum absolute atomic E-state index is 11.2. The van der Waals surface area contributed by atoms with E-state index in [0.717, 1.165) is 26.2 Å². The lowest BCUT2D eigenvalue weighted by molar-refractivity contribution is -0.127. The van der Waals surface area contributed by atoms with Crippen LogP contribution in [-0.4, -0.2) is 42.2 Å². The Morgan fingerprint density at radius 1 is 1.75 bits per heavy atom. The van der Waals surface area contributed by atoms with Crippen LogP contribution in [0.5, 0.6) is 0 Å². The zero-order valence-electron chi connectivity index (χ0n) is 7.42. The number of hydrogen-bond acceptors (Lipinski definition) is 3. The second-order valence-electron chi connectivity index (χ2n) is 3.05. The Kier molecular flexibility index (Phi) is 3.88. The van der Waals surface area contributed by atoms with Gasteiger partial charge < -0.3 is 10.2 Å². The summed E-state index contributed by atoms with van der Waals surface area (Å²) in [6.07, 6.45) is 0.606. The molecule has 1 rings (SSSR count). The predicted octanol–water partition coefficient (Wildman–Crippen LogP) is 0.127. The van der Waals surface area contributed by atoms with Crippen molar-refractivity contribution in [1.82, 2.24) is 10.2 Å². The molecule has 0 bridgehead atoms. The quantitative estimate of drug-likeness (QED) is 0.485. The Labute approximate surface area is 78.9 Å². The number of nitrogens with one attached hydrogen (secondary N) is 1. The summed E-state index contributed by atoms with van der Waals surface area (Å²) in [7, 11) is 0. The second-order valence-corrected chi connectivity index (χ2v) is 3.78. The fourth-order valence-electron chi connectivity index (χ4n) is 1.36. The third-order valence-corrected chi connectivity index (χ3v) is 2.35. The lowest BCUT2D eigenvalue weighted by atomic mass is 10.4. The number of carbonyl (C=O) groups is 1. The monoisotopic (exact) mass is 188 g/mol. The van der Waals surface area contributed by atoms with Gasteiger partial charge in [-0.15, -0.1) is 0 Å². The minimum Gasteiger partial charge on any atom is -0.340 e. The van der Waals surface area contributed by atoms with Gasteiger partial charge in [-0.25, -0.2) is 0 Å². The van der Waals surface area contributed by atoms with Crippen LogP contribution >= 0.6 is 12.6 Å². The molecule has 0 spiro atoms. The molecule has 0 radical (unpaired) electrons. The van der Waals surface area contributed by atoms with Crippen LogP contribution in [0.15, 0.2) is 0 Å². The first kappa shape index (κ1) is 9.86. The first-order chi connectivity index (χ1) is 5.74. The molecule has 0 aromatic heterocycles. The van der Waals surface area contributed by atoms with Crippen LogP contribution in [0.25, 0.3) is 0 Å². The lowest BCUT2D eigenvalue weighted by Gasteiger charge is -2.15. The van der Waals surface area contributed by atoms with E-state index in [1.165, 1.54) is 0 Å². The van der Waals surface area contributed by atoms with E-state index in [1.54, 1.807) is 0 Å². The third-order valence-electron chi connectivity index (χ3n) is 2.00. The van der Waals surface area contributed by atoms with E-state index in [9.17, 15) is 4.79 Å². The van der Waals surface area contributed by atoms with Gasteiger partial charge in [0.2, 0.25) is 5.91 Å². The molecular formula is C8H16N2OS. The van der Waals surface area contributed by atoms with Crippen LogP contribution in [0.1, 0.15) is 13.3 Å². The van der Waals surface area contributed by atoms with Crippen LogP contribution in [0.3, 0.4) is 0 Å². The molecule has 1 heterocycles. The van der Waals surface area contributed by atoms with Gasteiger partial charge in [-0.3, -0.25) is 4.79 Å². The van der Waals surface area contributed by atoms with Gasteiger partial charge in [0.05, 0.1) is 0 Å². The lowest BCUT2D eigenvalue weighted by Crippen LogP contribution is -2.33. The number of likely N-dealkylation sites (tertiary alicyclic amines) is 1. The second kappa shape index (κ2) is 4.72. The summed E-state index contributed by atoms with van der Waals surface area (Å²) in [5.74, 6) is 0.243. The summed E-state index contributed by atoms with van der Waals surface area (Å²) in [5, 5.41) is 3.44. The molecule has 1 saturated heterocycles. The molecule has 0 aromatic carbocycles. The van der Waals surface area contributed by atoms with Crippen molar-refractivity contribution in [2.75, 3.05) is 26.2 Å². The molecule has 4 heteroatoms. The maximum atomic E-state index is 11.2. The van der Waals surface area contributed by atoms with Gasteiger partial charge in [0.25, 0.3) is 0 Å². The van der Waals surface area contributed by atoms with Gasteiger partial charge in [-0.1, -0.05) is 6.92 Å². The molecule has 12 heavy (non-hydrogen) atoms. The summed E-state index contributed by atoms with van der Waals surface area (Å²) in [6, 6.07) is 0. The number of likely N-dealkylation sites (N-methyl/N-ethyl adjacent to an activating group) is 1. The number of nitrogens with zero attached hydrogens (tertiary/aromatic N) is 1. The zero-order valence-corrected chi connectivity index (χ0v) is 8.31. The Morgan fingerprint density at radius 3 is 3.00 bits per heavy atom. The van der Waals surface area contributed by atoms with Crippen LogP contribution in [0.4, 0.5) is 0 Å². The van der Waals surface area contributed by atoms with Gasteiger partial charge in [-0.2, -0.15) is 12.6 Å². The van der Waals surface area contributed by atoms with Gasteiger partial charge in [0.15, 0.2) is 0 Å². The molecule has 70 valence electrons. The molecule has 1 fully saturated rings. The Bertz CT molecular complexity index is 163. The smallest absolute Gasteiger partial charge is 0.223 e. The number of rotatable bonds is 4. The molecule has 1 atom stereocenters. The first-order valence-electron chi connectivity index (χ1n) is 4.40. The van der Waals surface area contributed by atoms with Crippen molar-refractivity contribution in [2.24, 2.45) is 0 Å². The van der Waals surface area contributed by atoms with Crippen molar-refractivity contribution in [3.05, 3.63) is 0 Å². The van der Waals surface area contributed by atoms with E-state index in [2.05, 4.69) is 24.9 Å². The number of hydrogen-bond donors (Lipinski definition) is 2. The molecule has 1 amide bonds. The molecule has 1 aliphatic heterocycles. The van der Waals surface area contributed by atoms with E-state index < -0.39 is 0 Å². The molecule has 3 nitrogen and oxygen atoms in total. The topological polar surface area (TPSA) is 32.3 Å². The van der Waals surface area contributed by atoms with E-state index in [0.29, 0.717) is 6.42 Å². The van der Waals surface area contributed by atoms with Gasteiger partial charge in [0.1, 0.15) is 0 Å². The largest absolute Gasteiger partial charge is 0.340 e. The SMILES string of the molecule is CCNCCN1CC(S)CC1=O. The van der Waals surface area contributed by atoms with Crippen molar-refractivity contribution in [3.63, 3.8) is 0 Å². The highest BCUT2D eigenvalue weighted by molar-refractivity contribution is 7.81. The number of amides is 1. The average Bonchev–Trinajstić information content (AvgIpc) is 2.31. The molecule has 1 aliphatic rings. The first-order valence-corrected chi connectivity index (χ1v) is 4.92. The fourth-order valence-corrected chi connectivity index (χ4v) is 1.71. The molecule has 0 aliphatic carbocycles. The Hall–Kier alpha value is -0.220. The van der Waals surface area contributed by atoms with E-state index >= 15 is 0 Å². The van der Waals surface area contributed by atoms with Crippen LogP contribution in [-0.2, 0) is 4.79 Å². The summed E-state index contributed by atoms with van der Waals surface area (Å²) in [4.78, 5) is 13.1. The zero-order chi connectivity index (χ0) is 8.97. The highest BCUT2D eigenvalue weighted by atomic mass is 32.1. The van der Waals surface area contributed by atoms with Crippen LogP contribution < -0.4 is 5.32 Å². The van der Waals surface area contributed by atoms with E-state index in [-0.39, 0.29) is 11.2 Å². The average molecular weight is 188 g/mol. The highest BCUT2D eigenvalue weighted by Crippen LogP contribution is 2.14. The van der Waals surface area contributed by atoms with Crippen molar-refractivity contribution >= 4 is 18.5 Å². The van der Waals surface area contributed by atoms with Gasteiger partial charge >= 0.3 is 0 Å². The van der Waals surface area contributed by atoms with E-state index in [1.807, 2.05) is 4.90 Å². The minimum atomic E-state index is 0.243. The highest BCUT2D eigenvalue weighted by Gasteiger charge is 2.26. The molecular weight excluding hydrogens is 172 g/mol. The molecule has 1 unspecified atom stereocenters. The third kappa shape index (κ3) is 2.68. The van der Waals surface area contributed by atoms with Gasteiger partial charge in [0, 0.05) is 31.3 Å². The van der Waals surface area contributed by atoms with Crippen LogP contribution in [0, 0.1) is 0 Å². The molecule has 0 saturated carbocycles. The summed E-state index contributed by atoms with van der Waals surface area (Å²) < 4.78 is 0. The Morgan fingerprint density at radius 2 is 2.50 bits per heavy atom. The number of carbonyl (C=O) groups excluding carboxylic acids is 1. The molecule has 0 aromatic rings. The predicted molar refractivity (Wildman–Crippen MR) is 52.5 cm³/mol. The van der Waals surface area contributed by atoms with Crippen molar-refractivity contribution in [1.29, 1.82) is 0 Å². The standard InChI is InChI=1S/C8H16N2OS/c1-2-9-3-4-10-6-7(12)5-8(10)11/h7,9,12H,2-6H2,1H3. The Balaban J connectivity index is 2.19. The normalized spacial score (nSPS) is 23.7. The van der Waals surface area contributed by atoms with E-state index in [4.69, 9.17) is 0 Å². The van der Waals surface area contributed by atoms with Crippen LogP contribution in [0.2, 0.25) is 0 Å². The maximum Gasteiger partial charge on any atom is 0.223 e. The van der Waals surface area contributed by atoms with Gasteiger partial charge in [-0.05, 0) is 6.54 Å². The summed E-state index contributed by atoms with van der Waals surface area (Å²) >= 11 is 4.27.